The van der Waals surface area contributed by atoms with E-state index in [-0.39, 0.29) is 0 Å². The summed E-state index contributed by atoms with van der Waals surface area (Å²) < 4.78 is 2.36. The number of pyridine rings is 1. The number of fused-ring (bicyclic) bond motifs is 3. The summed E-state index contributed by atoms with van der Waals surface area (Å²) in [5.74, 6) is 0.732. The van der Waals surface area contributed by atoms with Crippen LogP contribution < -0.4 is 0 Å². The molecule has 1 aliphatic rings. The van der Waals surface area contributed by atoms with Gasteiger partial charge in [0.15, 0.2) is 5.82 Å². The van der Waals surface area contributed by atoms with Crippen LogP contribution in [0.15, 0.2) is 109 Å². The second-order valence-electron chi connectivity index (χ2n) is 9.58. The third kappa shape index (κ3) is 3.91. The highest BCUT2D eigenvalue weighted by Crippen LogP contribution is 2.34. The van der Waals surface area contributed by atoms with Crippen LogP contribution in [-0.4, -0.2) is 19.5 Å². The molecule has 178 valence electrons. The zero-order chi connectivity index (χ0) is 24.6. The standard InChI is InChI=1S/C33H26N4/c1-3-10-23(11-4-1)29-22-30(36-32(35-29)25-12-5-2-6-13-25)24-17-19-26(20-18-24)37-31-16-8-7-14-27(31)28-15-9-21-34-33(28)37/h1-6,9-13,15,17-22H,7-8,14,16H2. The SMILES string of the molecule is c1ccc(-c2cc(-c3ccc(-n4c5c(c6cccnc64)CCCC5)cc3)nc(-c3ccccc3)n2)cc1. The van der Waals surface area contributed by atoms with Crippen molar-refractivity contribution in [3.63, 3.8) is 0 Å². The van der Waals surface area contributed by atoms with E-state index >= 15 is 0 Å². The Balaban J connectivity index is 1.34. The Labute approximate surface area is 216 Å². The van der Waals surface area contributed by atoms with Crippen LogP contribution in [0.1, 0.15) is 24.1 Å². The number of hydrogen-bond donors (Lipinski definition) is 0. The van der Waals surface area contributed by atoms with Crippen LogP contribution in [0, 0.1) is 0 Å². The first-order valence-electron chi connectivity index (χ1n) is 12.9. The molecule has 7 rings (SSSR count). The Morgan fingerprint density at radius 1 is 0.595 bits per heavy atom. The first-order chi connectivity index (χ1) is 18.3. The van der Waals surface area contributed by atoms with E-state index < -0.39 is 0 Å². The van der Waals surface area contributed by atoms with Crippen molar-refractivity contribution in [1.29, 1.82) is 0 Å². The Morgan fingerprint density at radius 3 is 1.97 bits per heavy atom. The van der Waals surface area contributed by atoms with E-state index in [1.54, 1.807) is 0 Å². The lowest BCUT2D eigenvalue weighted by Crippen LogP contribution is -2.07. The smallest absolute Gasteiger partial charge is 0.160 e. The van der Waals surface area contributed by atoms with E-state index in [1.165, 1.54) is 29.5 Å². The molecule has 0 unspecified atom stereocenters. The fourth-order valence-electron chi connectivity index (χ4n) is 5.49. The maximum atomic E-state index is 4.98. The highest BCUT2D eigenvalue weighted by Gasteiger charge is 2.21. The van der Waals surface area contributed by atoms with E-state index in [4.69, 9.17) is 15.0 Å². The largest absolute Gasteiger partial charge is 0.298 e. The maximum Gasteiger partial charge on any atom is 0.160 e. The van der Waals surface area contributed by atoms with Gasteiger partial charge in [-0.2, -0.15) is 0 Å². The van der Waals surface area contributed by atoms with Gasteiger partial charge in [0.25, 0.3) is 0 Å². The highest BCUT2D eigenvalue weighted by atomic mass is 15.1. The van der Waals surface area contributed by atoms with Crippen molar-refractivity contribution in [3.8, 4) is 39.6 Å². The Morgan fingerprint density at radius 2 is 1.24 bits per heavy atom. The quantitative estimate of drug-likeness (QED) is 0.261. The molecule has 4 nitrogen and oxygen atoms in total. The molecule has 1 aliphatic carbocycles. The summed E-state index contributed by atoms with van der Waals surface area (Å²) in [5, 5.41) is 1.29. The summed E-state index contributed by atoms with van der Waals surface area (Å²) in [5.41, 5.74) is 10.1. The van der Waals surface area contributed by atoms with Crippen molar-refractivity contribution >= 4 is 11.0 Å². The third-order valence-electron chi connectivity index (χ3n) is 7.28. The van der Waals surface area contributed by atoms with Gasteiger partial charge in [0.05, 0.1) is 11.4 Å². The Hall–Kier alpha value is -4.57. The van der Waals surface area contributed by atoms with E-state index in [0.29, 0.717) is 0 Å². The van der Waals surface area contributed by atoms with Crippen LogP contribution in [0.25, 0.3) is 50.6 Å². The Bertz CT molecular complexity index is 1640. The summed E-state index contributed by atoms with van der Waals surface area (Å²) >= 11 is 0. The number of benzene rings is 3. The minimum Gasteiger partial charge on any atom is -0.298 e. The molecule has 0 saturated heterocycles. The Kier molecular flexibility index (Phi) is 5.36. The fourth-order valence-corrected chi connectivity index (χ4v) is 5.49. The molecule has 6 aromatic rings. The topological polar surface area (TPSA) is 43.6 Å². The van der Waals surface area contributed by atoms with Gasteiger partial charge in [-0.3, -0.25) is 4.57 Å². The van der Waals surface area contributed by atoms with Crippen molar-refractivity contribution in [2.45, 2.75) is 25.7 Å². The molecule has 0 radical (unpaired) electrons. The molecule has 0 N–H and O–H groups in total. The van der Waals surface area contributed by atoms with E-state index in [2.05, 4.69) is 71.3 Å². The minimum absolute atomic E-state index is 0.732. The van der Waals surface area contributed by atoms with Crippen molar-refractivity contribution in [2.75, 3.05) is 0 Å². The molecular weight excluding hydrogens is 452 g/mol. The summed E-state index contributed by atoms with van der Waals surface area (Å²) in [4.78, 5) is 14.7. The predicted octanol–water partition coefficient (Wildman–Crippen LogP) is 7.70. The first kappa shape index (κ1) is 21.7. The predicted molar refractivity (Wildman–Crippen MR) is 150 cm³/mol. The molecule has 0 aliphatic heterocycles. The maximum absolute atomic E-state index is 4.98. The van der Waals surface area contributed by atoms with Crippen LogP contribution in [0.5, 0.6) is 0 Å². The number of aryl methyl sites for hydroxylation is 1. The monoisotopic (exact) mass is 478 g/mol. The summed E-state index contributed by atoms with van der Waals surface area (Å²) in [7, 11) is 0. The zero-order valence-electron chi connectivity index (χ0n) is 20.5. The molecule has 37 heavy (non-hydrogen) atoms. The van der Waals surface area contributed by atoms with E-state index in [0.717, 1.165) is 58.1 Å². The normalized spacial score (nSPS) is 13.0. The summed E-state index contributed by atoms with van der Waals surface area (Å²) in [6, 6.07) is 35.6. The van der Waals surface area contributed by atoms with Gasteiger partial charge in [-0.05, 0) is 61.6 Å². The van der Waals surface area contributed by atoms with Gasteiger partial charge in [0, 0.05) is 39.7 Å². The van der Waals surface area contributed by atoms with Crippen molar-refractivity contribution in [1.82, 2.24) is 19.5 Å². The molecule has 3 aromatic carbocycles. The van der Waals surface area contributed by atoms with E-state index in [9.17, 15) is 0 Å². The van der Waals surface area contributed by atoms with Crippen LogP contribution in [0.2, 0.25) is 0 Å². The van der Waals surface area contributed by atoms with Gasteiger partial charge in [0.2, 0.25) is 0 Å². The molecule has 0 fully saturated rings. The van der Waals surface area contributed by atoms with Crippen LogP contribution >= 0.6 is 0 Å². The second-order valence-corrected chi connectivity index (χ2v) is 9.58. The molecule has 0 bridgehead atoms. The summed E-state index contributed by atoms with van der Waals surface area (Å²) in [6.45, 7) is 0. The summed E-state index contributed by atoms with van der Waals surface area (Å²) in [6.07, 6.45) is 6.61. The average Bonchev–Trinajstić information content (AvgIpc) is 3.32. The van der Waals surface area contributed by atoms with Crippen LogP contribution in [0.3, 0.4) is 0 Å². The van der Waals surface area contributed by atoms with Crippen LogP contribution in [0.4, 0.5) is 0 Å². The lowest BCUT2D eigenvalue weighted by atomic mass is 9.96. The molecule has 3 heterocycles. The highest BCUT2D eigenvalue weighted by molar-refractivity contribution is 5.84. The van der Waals surface area contributed by atoms with Gasteiger partial charge in [-0.15, -0.1) is 0 Å². The first-order valence-corrected chi connectivity index (χ1v) is 12.9. The van der Waals surface area contributed by atoms with Gasteiger partial charge in [-0.1, -0.05) is 72.8 Å². The number of hydrogen-bond acceptors (Lipinski definition) is 3. The zero-order valence-corrected chi connectivity index (χ0v) is 20.5. The lowest BCUT2D eigenvalue weighted by Gasteiger charge is -2.16. The van der Waals surface area contributed by atoms with Crippen molar-refractivity contribution in [3.05, 3.63) is 121 Å². The van der Waals surface area contributed by atoms with Crippen molar-refractivity contribution < 1.29 is 0 Å². The van der Waals surface area contributed by atoms with Crippen LogP contribution in [-0.2, 0) is 12.8 Å². The van der Waals surface area contributed by atoms with Gasteiger partial charge < -0.3 is 0 Å². The van der Waals surface area contributed by atoms with Gasteiger partial charge >= 0.3 is 0 Å². The molecule has 0 atom stereocenters. The molecule has 0 saturated carbocycles. The number of nitrogens with zero attached hydrogens (tertiary/aromatic N) is 4. The van der Waals surface area contributed by atoms with Gasteiger partial charge in [-0.25, -0.2) is 15.0 Å². The molecule has 0 amide bonds. The molecule has 4 heteroatoms. The number of rotatable bonds is 4. The second kappa shape index (κ2) is 9.14. The minimum atomic E-state index is 0.732. The molecule has 3 aromatic heterocycles. The third-order valence-corrected chi connectivity index (χ3v) is 7.28. The van der Waals surface area contributed by atoms with Crippen molar-refractivity contribution in [2.24, 2.45) is 0 Å². The van der Waals surface area contributed by atoms with Gasteiger partial charge in [0.1, 0.15) is 5.65 Å². The molecular formula is C33H26N4. The van der Waals surface area contributed by atoms with E-state index in [1.807, 2.05) is 42.6 Å². The fraction of sp³-hybridized carbons (Fsp3) is 0.121. The molecule has 0 spiro atoms. The average molecular weight is 479 g/mol. The number of aromatic nitrogens is 4. The lowest BCUT2D eigenvalue weighted by molar-refractivity contribution is 0.666.